The zero-order valence-electron chi connectivity index (χ0n) is 11.1. The summed E-state index contributed by atoms with van der Waals surface area (Å²) < 4.78 is 13.7. The lowest BCUT2D eigenvalue weighted by Gasteiger charge is -2.03. The van der Waals surface area contributed by atoms with Gasteiger partial charge in [0.1, 0.15) is 11.6 Å². The van der Waals surface area contributed by atoms with E-state index in [1.54, 1.807) is 18.3 Å². The topological polar surface area (TPSA) is 40.7 Å². The van der Waals surface area contributed by atoms with Crippen LogP contribution in [-0.4, -0.2) is 9.97 Å². The molecule has 3 aromatic rings. The average Bonchev–Trinajstić information content (AvgIpc) is 2.98. The van der Waals surface area contributed by atoms with Crippen LogP contribution in [0, 0.1) is 5.82 Å². The maximum atomic E-state index is 13.2. The Kier molecular flexibility index (Phi) is 4.01. The van der Waals surface area contributed by atoms with Crippen LogP contribution in [0.4, 0.5) is 10.1 Å². The first-order valence-electron chi connectivity index (χ1n) is 6.50. The minimum atomic E-state index is -0.274. The van der Waals surface area contributed by atoms with Crippen molar-refractivity contribution in [3.63, 3.8) is 0 Å². The van der Waals surface area contributed by atoms with Crippen LogP contribution in [0.5, 0.6) is 0 Å². The van der Waals surface area contributed by atoms with E-state index < -0.39 is 0 Å². The molecule has 21 heavy (non-hydrogen) atoms. The molecule has 2 aromatic carbocycles. The van der Waals surface area contributed by atoms with Crippen LogP contribution in [0.15, 0.2) is 59.2 Å². The van der Waals surface area contributed by atoms with E-state index in [-0.39, 0.29) is 5.82 Å². The predicted molar refractivity (Wildman–Crippen MR) is 85.5 cm³/mol. The highest BCUT2D eigenvalue weighted by Gasteiger charge is 2.06. The highest BCUT2D eigenvalue weighted by molar-refractivity contribution is 9.10. The lowest BCUT2D eigenvalue weighted by atomic mass is 10.2. The number of benzene rings is 2. The van der Waals surface area contributed by atoms with E-state index >= 15 is 0 Å². The number of anilines is 1. The molecule has 0 atom stereocenters. The molecule has 0 unspecified atom stereocenters. The summed E-state index contributed by atoms with van der Waals surface area (Å²) in [6.45, 7) is 0.604. The Morgan fingerprint density at radius 2 is 1.95 bits per heavy atom. The summed E-state index contributed by atoms with van der Waals surface area (Å²) in [7, 11) is 0. The summed E-state index contributed by atoms with van der Waals surface area (Å²) in [5.74, 6) is 0.554. The molecule has 3 nitrogen and oxygen atoms in total. The summed E-state index contributed by atoms with van der Waals surface area (Å²) >= 11 is 3.19. The van der Waals surface area contributed by atoms with Crippen molar-refractivity contribution in [2.24, 2.45) is 0 Å². The molecular formula is C16H13BrFN3. The molecule has 1 aromatic heterocycles. The molecule has 0 fully saturated rings. The highest BCUT2D eigenvalue weighted by atomic mass is 79.9. The molecular weight excluding hydrogens is 333 g/mol. The zero-order valence-corrected chi connectivity index (χ0v) is 12.7. The van der Waals surface area contributed by atoms with Crippen molar-refractivity contribution in [3.8, 4) is 11.3 Å². The van der Waals surface area contributed by atoms with Gasteiger partial charge in [0.05, 0.1) is 22.9 Å². The smallest absolute Gasteiger partial charge is 0.137 e. The third kappa shape index (κ3) is 3.31. The van der Waals surface area contributed by atoms with Gasteiger partial charge in [-0.1, -0.05) is 18.2 Å². The summed E-state index contributed by atoms with van der Waals surface area (Å²) in [5.41, 5.74) is 2.79. The van der Waals surface area contributed by atoms with Crippen LogP contribution < -0.4 is 5.32 Å². The first-order chi connectivity index (χ1) is 10.2. The number of halogens is 2. The molecule has 106 valence electrons. The van der Waals surface area contributed by atoms with Crippen LogP contribution in [0.2, 0.25) is 0 Å². The van der Waals surface area contributed by atoms with Crippen molar-refractivity contribution < 1.29 is 4.39 Å². The zero-order chi connectivity index (χ0) is 14.7. The van der Waals surface area contributed by atoms with Gasteiger partial charge in [-0.05, 0) is 46.3 Å². The van der Waals surface area contributed by atoms with E-state index in [1.165, 1.54) is 6.07 Å². The number of aromatic nitrogens is 2. The predicted octanol–water partition coefficient (Wildman–Crippen LogP) is 4.59. The van der Waals surface area contributed by atoms with Crippen LogP contribution in [0.1, 0.15) is 5.82 Å². The van der Waals surface area contributed by atoms with E-state index in [4.69, 9.17) is 0 Å². The lowest BCUT2D eigenvalue weighted by Crippen LogP contribution is -2.00. The Hall–Kier alpha value is -2.14. The molecule has 0 aliphatic carbocycles. The Morgan fingerprint density at radius 1 is 1.14 bits per heavy atom. The Balaban J connectivity index is 1.72. The van der Waals surface area contributed by atoms with Gasteiger partial charge in [0.15, 0.2) is 0 Å². The summed E-state index contributed by atoms with van der Waals surface area (Å²) in [6, 6.07) is 14.8. The molecule has 0 spiro atoms. The standard InChI is InChI=1S/C16H13BrFN3/c17-13-8-11(6-7-14(13)18)15-9-20-16(21-15)10-19-12-4-2-1-3-5-12/h1-9,19H,10H2,(H,20,21). The van der Waals surface area contributed by atoms with Crippen molar-refractivity contribution in [1.82, 2.24) is 9.97 Å². The van der Waals surface area contributed by atoms with Crippen molar-refractivity contribution >= 4 is 21.6 Å². The highest BCUT2D eigenvalue weighted by Crippen LogP contribution is 2.24. The largest absolute Gasteiger partial charge is 0.378 e. The Morgan fingerprint density at radius 3 is 2.71 bits per heavy atom. The van der Waals surface area contributed by atoms with Gasteiger partial charge in [0, 0.05) is 11.3 Å². The quantitative estimate of drug-likeness (QED) is 0.725. The minimum Gasteiger partial charge on any atom is -0.378 e. The molecule has 0 aliphatic rings. The van der Waals surface area contributed by atoms with Crippen molar-refractivity contribution in [2.75, 3.05) is 5.32 Å². The van der Waals surface area contributed by atoms with Crippen LogP contribution in [0.3, 0.4) is 0 Å². The average molecular weight is 346 g/mol. The van der Waals surface area contributed by atoms with Crippen molar-refractivity contribution in [2.45, 2.75) is 6.54 Å². The van der Waals surface area contributed by atoms with Crippen LogP contribution >= 0.6 is 15.9 Å². The number of para-hydroxylation sites is 1. The Labute approximate surface area is 130 Å². The molecule has 0 radical (unpaired) electrons. The monoisotopic (exact) mass is 345 g/mol. The molecule has 0 bridgehead atoms. The molecule has 3 rings (SSSR count). The van der Waals surface area contributed by atoms with E-state index in [1.807, 2.05) is 30.3 Å². The first kappa shape index (κ1) is 13.8. The second-order valence-electron chi connectivity index (χ2n) is 4.59. The van der Waals surface area contributed by atoms with Gasteiger partial charge in [-0.25, -0.2) is 9.37 Å². The molecule has 0 aliphatic heterocycles. The molecule has 0 saturated carbocycles. The lowest BCUT2D eigenvalue weighted by molar-refractivity contribution is 0.621. The molecule has 5 heteroatoms. The number of H-pyrrole nitrogens is 1. The van der Waals surface area contributed by atoms with Gasteiger partial charge < -0.3 is 10.3 Å². The molecule has 0 amide bonds. The number of rotatable bonds is 4. The van der Waals surface area contributed by atoms with E-state index in [9.17, 15) is 4.39 Å². The van der Waals surface area contributed by atoms with Gasteiger partial charge in [-0.3, -0.25) is 0 Å². The van der Waals surface area contributed by atoms with Gasteiger partial charge in [0.25, 0.3) is 0 Å². The van der Waals surface area contributed by atoms with Gasteiger partial charge in [0.2, 0.25) is 0 Å². The second kappa shape index (κ2) is 6.10. The number of imidazole rings is 1. The minimum absolute atomic E-state index is 0.274. The maximum absolute atomic E-state index is 13.2. The summed E-state index contributed by atoms with van der Waals surface area (Å²) in [4.78, 5) is 7.56. The fourth-order valence-electron chi connectivity index (χ4n) is 2.00. The summed E-state index contributed by atoms with van der Waals surface area (Å²) in [5, 5.41) is 3.28. The third-order valence-electron chi connectivity index (χ3n) is 3.09. The van der Waals surface area contributed by atoms with Crippen molar-refractivity contribution in [1.29, 1.82) is 0 Å². The van der Waals surface area contributed by atoms with Crippen LogP contribution in [-0.2, 0) is 6.54 Å². The van der Waals surface area contributed by atoms with Gasteiger partial charge in [-0.2, -0.15) is 0 Å². The number of nitrogens with zero attached hydrogens (tertiary/aromatic N) is 1. The number of hydrogen-bond donors (Lipinski definition) is 2. The third-order valence-corrected chi connectivity index (χ3v) is 3.70. The van der Waals surface area contributed by atoms with E-state index in [0.29, 0.717) is 11.0 Å². The van der Waals surface area contributed by atoms with Crippen molar-refractivity contribution in [3.05, 3.63) is 70.8 Å². The second-order valence-corrected chi connectivity index (χ2v) is 5.45. The fraction of sp³-hybridized carbons (Fsp3) is 0.0625. The molecule has 2 N–H and O–H groups in total. The first-order valence-corrected chi connectivity index (χ1v) is 7.30. The summed E-state index contributed by atoms with van der Waals surface area (Å²) in [6.07, 6.45) is 1.75. The van der Waals surface area contributed by atoms with Gasteiger partial charge in [-0.15, -0.1) is 0 Å². The van der Waals surface area contributed by atoms with Crippen LogP contribution in [0.25, 0.3) is 11.3 Å². The number of aromatic amines is 1. The van der Waals surface area contributed by atoms with E-state index in [2.05, 4.69) is 31.2 Å². The normalized spacial score (nSPS) is 10.6. The maximum Gasteiger partial charge on any atom is 0.137 e. The number of hydrogen-bond acceptors (Lipinski definition) is 2. The molecule has 0 saturated heterocycles. The van der Waals surface area contributed by atoms with Gasteiger partial charge >= 0.3 is 0 Å². The number of nitrogens with one attached hydrogen (secondary N) is 2. The Bertz CT molecular complexity index is 740. The fourth-order valence-corrected chi connectivity index (χ4v) is 2.38. The molecule has 1 heterocycles. The SMILES string of the molecule is Fc1ccc(-c2cnc(CNc3ccccc3)[nH]2)cc1Br. The van der Waals surface area contributed by atoms with E-state index in [0.717, 1.165) is 22.8 Å².